The molecule has 0 aromatic heterocycles. The molecule has 0 fully saturated rings. The van der Waals surface area contributed by atoms with E-state index in [1.165, 1.54) is 5.56 Å². The first-order chi connectivity index (χ1) is 11.2. The Balaban J connectivity index is 2.01. The van der Waals surface area contributed by atoms with Gasteiger partial charge in [0.2, 0.25) is 0 Å². The molecular weight excluding hydrogens is 300 g/mol. The summed E-state index contributed by atoms with van der Waals surface area (Å²) in [4.78, 5) is 12.3. The van der Waals surface area contributed by atoms with Gasteiger partial charge in [0.05, 0.1) is 0 Å². The van der Waals surface area contributed by atoms with Gasteiger partial charge in [0, 0.05) is 11.4 Å². The van der Waals surface area contributed by atoms with E-state index in [9.17, 15) is 4.79 Å². The smallest absolute Gasteiger partial charge is 0.265 e. The monoisotopic (exact) mass is 326 g/mol. The number of benzene rings is 2. The normalized spacial score (nSPS) is 12.5. The van der Waals surface area contributed by atoms with Crippen molar-refractivity contribution in [2.45, 2.75) is 46.1 Å². The predicted molar refractivity (Wildman–Crippen MR) is 99.5 cm³/mol. The Kier molecular flexibility index (Phi) is 5.17. The zero-order chi connectivity index (χ0) is 17.9. The van der Waals surface area contributed by atoms with Gasteiger partial charge in [-0.1, -0.05) is 32.9 Å². The van der Waals surface area contributed by atoms with Crippen LogP contribution in [0.3, 0.4) is 0 Å². The fourth-order valence-corrected chi connectivity index (χ4v) is 2.35. The van der Waals surface area contributed by atoms with Gasteiger partial charge in [0.1, 0.15) is 5.75 Å². The van der Waals surface area contributed by atoms with E-state index < -0.39 is 6.10 Å². The molecule has 4 heteroatoms. The number of anilines is 2. The van der Waals surface area contributed by atoms with Gasteiger partial charge in [0.25, 0.3) is 5.91 Å². The molecule has 2 aromatic rings. The molecule has 128 valence electrons. The standard InChI is InChI=1S/C20H26N2O2/c1-13-12-16(21)8-11-18(13)22-19(23)14(2)24-17-9-6-15(7-10-17)20(3,4)5/h6-12,14H,21H2,1-5H3,(H,22,23)/t14-/m0/s1. The zero-order valence-electron chi connectivity index (χ0n) is 15.0. The average molecular weight is 326 g/mol. The molecule has 2 rings (SSSR count). The van der Waals surface area contributed by atoms with Crippen LogP contribution < -0.4 is 15.8 Å². The zero-order valence-corrected chi connectivity index (χ0v) is 15.0. The van der Waals surface area contributed by atoms with E-state index >= 15 is 0 Å². The van der Waals surface area contributed by atoms with E-state index in [1.54, 1.807) is 19.1 Å². The summed E-state index contributed by atoms with van der Waals surface area (Å²) in [5, 5.41) is 2.87. The number of nitrogen functional groups attached to an aromatic ring is 1. The molecule has 0 radical (unpaired) electrons. The van der Waals surface area contributed by atoms with Gasteiger partial charge in [-0.3, -0.25) is 4.79 Å². The Morgan fingerprint density at radius 3 is 2.29 bits per heavy atom. The average Bonchev–Trinajstić information content (AvgIpc) is 2.49. The van der Waals surface area contributed by atoms with Gasteiger partial charge in [-0.05, 0) is 60.7 Å². The SMILES string of the molecule is Cc1cc(N)ccc1NC(=O)[C@H](C)Oc1ccc(C(C)(C)C)cc1. The molecule has 3 N–H and O–H groups in total. The first-order valence-corrected chi connectivity index (χ1v) is 8.11. The summed E-state index contributed by atoms with van der Waals surface area (Å²) in [6.45, 7) is 10.1. The second kappa shape index (κ2) is 6.95. The minimum atomic E-state index is -0.595. The molecule has 24 heavy (non-hydrogen) atoms. The number of carbonyl (C=O) groups is 1. The van der Waals surface area contributed by atoms with Crippen LogP contribution in [-0.4, -0.2) is 12.0 Å². The number of aryl methyl sites for hydroxylation is 1. The molecule has 0 heterocycles. The van der Waals surface area contributed by atoms with Crippen molar-refractivity contribution in [1.29, 1.82) is 0 Å². The van der Waals surface area contributed by atoms with Crippen molar-refractivity contribution in [3.05, 3.63) is 53.6 Å². The molecule has 0 aliphatic heterocycles. The molecule has 0 spiro atoms. The molecule has 0 bridgehead atoms. The molecular formula is C20H26N2O2. The highest BCUT2D eigenvalue weighted by atomic mass is 16.5. The third kappa shape index (κ3) is 4.51. The third-order valence-electron chi connectivity index (χ3n) is 3.91. The minimum Gasteiger partial charge on any atom is -0.481 e. The van der Waals surface area contributed by atoms with E-state index in [0.717, 1.165) is 11.3 Å². The maximum atomic E-state index is 12.3. The maximum absolute atomic E-state index is 12.3. The van der Waals surface area contributed by atoms with E-state index in [-0.39, 0.29) is 11.3 Å². The molecule has 0 aliphatic carbocycles. The molecule has 1 atom stereocenters. The highest BCUT2D eigenvalue weighted by molar-refractivity contribution is 5.94. The number of ether oxygens (including phenoxy) is 1. The second-order valence-corrected chi connectivity index (χ2v) is 7.10. The fourth-order valence-electron chi connectivity index (χ4n) is 2.35. The second-order valence-electron chi connectivity index (χ2n) is 7.10. The van der Waals surface area contributed by atoms with Crippen LogP contribution in [0.4, 0.5) is 11.4 Å². The van der Waals surface area contributed by atoms with Gasteiger partial charge in [-0.25, -0.2) is 0 Å². The Labute approximate surface area is 144 Å². The summed E-state index contributed by atoms with van der Waals surface area (Å²) in [6, 6.07) is 13.3. The molecule has 0 aliphatic rings. The fraction of sp³-hybridized carbons (Fsp3) is 0.350. The molecule has 0 unspecified atom stereocenters. The van der Waals surface area contributed by atoms with Crippen molar-refractivity contribution >= 4 is 17.3 Å². The summed E-state index contributed by atoms with van der Waals surface area (Å²) < 4.78 is 5.74. The number of hydrogen-bond acceptors (Lipinski definition) is 3. The predicted octanol–water partition coefficient (Wildman–Crippen LogP) is 4.28. The molecule has 1 amide bonds. The van der Waals surface area contributed by atoms with Gasteiger partial charge >= 0.3 is 0 Å². The first kappa shape index (κ1) is 17.9. The van der Waals surface area contributed by atoms with Crippen LogP contribution in [0.1, 0.15) is 38.8 Å². The highest BCUT2D eigenvalue weighted by Gasteiger charge is 2.17. The largest absolute Gasteiger partial charge is 0.481 e. The molecule has 2 aromatic carbocycles. The molecule has 4 nitrogen and oxygen atoms in total. The number of carbonyl (C=O) groups excluding carboxylic acids is 1. The summed E-state index contributed by atoms with van der Waals surface area (Å²) in [6.07, 6.45) is -0.595. The lowest BCUT2D eigenvalue weighted by atomic mass is 9.87. The minimum absolute atomic E-state index is 0.0915. The van der Waals surface area contributed by atoms with E-state index in [2.05, 4.69) is 26.1 Å². The van der Waals surface area contributed by atoms with Crippen molar-refractivity contribution in [2.75, 3.05) is 11.1 Å². The number of nitrogens with one attached hydrogen (secondary N) is 1. The number of hydrogen-bond donors (Lipinski definition) is 2. The van der Waals surface area contributed by atoms with E-state index in [4.69, 9.17) is 10.5 Å². The highest BCUT2D eigenvalue weighted by Crippen LogP contribution is 2.25. The van der Waals surface area contributed by atoms with Gasteiger partial charge in [-0.2, -0.15) is 0 Å². The van der Waals surface area contributed by atoms with E-state index in [1.807, 2.05) is 37.3 Å². The molecule has 0 saturated carbocycles. The first-order valence-electron chi connectivity index (χ1n) is 8.11. The van der Waals surface area contributed by atoms with Crippen LogP contribution in [0.15, 0.2) is 42.5 Å². The number of rotatable bonds is 4. The van der Waals surface area contributed by atoms with Crippen LogP contribution in [0.2, 0.25) is 0 Å². The van der Waals surface area contributed by atoms with Crippen LogP contribution in [0, 0.1) is 6.92 Å². The van der Waals surface area contributed by atoms with E-state index in [0.29, 0.717) is 11.4 Å². The van der Waals surface area contributed by atoms with Gasteiger partial charge in [-0.15, -0.1) is 0 Å². The Morgan fingerprint density at radius 2 is 1.75 bits per heavy atom. The van der Waals surface area contributed by atoms with Crippen molar-refractivity contribution < 1.29 is 9.53 Å². The summed E-state index contributed by atoms with van der Waals surface area (Å²) in [5.74, 6) is 0.488. The van der Waals surface area contributed by atoms with Gasteiger partial charge < -0.3 is 15.8 Å². The lowest BCUT2D eigenvalue weighted by molar-refractivity contribution is -0.122. The Morgan fingerprint density at radius 1 is 1.12 bits per heavy atom. The van der Waals surface area contributed by atoms with Crippen LogP contribution in [0.5, 0.6) is 5.75 Å². The quantitative estimate of drug-likeness (QED) is 0.824. The van der Waals surface area contributed by atoms with Crippen molar-refractivity contribution in [3.8, 4) is 5.75 Å². The van der Waals surface area contributed by atoms with Gasteiger partial charge in [0.15, 0.2) is 6.10 Å². The lowest BCUT2D eigenvalue weighted by Crippen LogP contribution is -2.30. The molecule has 0 saturated heterocycles. The van der Waals surface area contributed by atoms with Crippen molar-refractivity contribution in [1.82, 2.24) is 0 Å². The van der Waals surface area contributed by atoms with Crippen LogP contribution in [-0.2, 0) is 10.2 Å². The Hall–Kier alpha value is -2.49. The van der Waals surface area contributed by atoms with Crippen molar-refractivity contribution in [3.63, 3.8) is 0 Å². The summed E-state index contributed by atoms with van der Waals surface area (Å²) in [7, 11) is 0. The Bertz CT molecular complexity index is 715. The number of nitrogens with two attached hydrogens (primary N) is 1. The van der Waals surface area contributed by atoms with Crippen LogP contribution in [0.25, 0.3) is 0 Å². The van der Waals surface area contributed by atoms with Crippen molar-refractivity contribution in [2.24, 2.45) is 0 Å². The summed E-state index contributed by atoms with van der Waals surface area (Å²) in [5.41, 5.74) is 9.38. The topological polar surface area (TPSA) is 64.3 Å². The number of amides is 1. The third-order valence-corrected chi connectivity index (χ3v) is 3.91. The summed E-state index contributed by atoms with van der Waals surface area (Å²) >= 11 is 0. The lowest BCUT2D eigenvalue weighted by Gasteiger charge is -2.20. The van der Waals surface area contributed by atoms with Crippen LogP contribution >= 0.6 is 0 Å². The maximum Gasteiger partial charge on any atom is 0.265 e.